The SMILES string of the molecule is C[C@@H](Nc1c([N+](=O)[O-])cnc2ccccc12)C1CCCCC1. The first-order chi connectivity index (χ1) is 10.7. The lowest BCUT2D eigenvalue weighted by Gasteiger charge is -2.29. The lowest BCUT2D eigenvalue weighted by Crippen LogP contribution is -2.28. The Kier molecular flexibility index (Phi) is 4.22. The minimum Gasteiger partial charge on any atom is -0.376 e. The number of benzene rings is 1. The Morgan fingerprint density at radius 2 is 2.00 bits per heavy atom. The Morgan fingerprint density at radius 1 is 1.27 bits per heavy atom. The van der Waals surface area contributed by atoms with Gasteiger partial charge in [-0.05, 0) is 31.7 Å². The van der Waals surface area contributed by atoms with Gasteiger partial charge in [-0.25, -0.2) is 4.98 Å². The molecule has 0 saturated heterocycles. The summed E-state index contributed by atoms with van der Waals surface area (Å²) in [6.07, 6.45) is 7.58. The van der Waals surface area contributed by atoms with E-state index in [-0.39, 0.29) is 16.7 Å². The second kappa shape index (κ2) is 6.30. The van der Waals surface area contributed by atoms with Crippen molar-refractivity contribution in [2.24, 2.45) is 5.92 Å². The third kappa shape index (κ3) is 2.89. The summed E-state index contributed by atoms with van der Waals surface area (Å²) >= 11 is 0. The lowest BCUT2D eigenvalue weighted by atomic mass is 9.84. The van der Waals surface area contributed by atoms with E-state index in [1.165, 1.54) is 38.3 Å². The summed E-state index contributed by atoms with van der Waals surface area (Å²) < 4.78 is 0. The molecule has 3 rings (SSSR count). The Hall–Kier alpha value is -2.17. The van der Waals surface area contributed by atoms with Crippen LogP contribution in [0.3, 0.4) is 0 Å². The van der Waals surface area contributed by atoms with E-state index in [1.54, 1.807) is 0 Å². The molecule has 0 bridgehead atoms. The second-order valence-electron chi connectivity index (χ2n) is 6.12. The van der Waals surface area contributed by atoms with Gasteiger partial charge in [-0.15, -0.1) is 0 Å². The van der Waals surface area contributed by atoms with Crippen LogP contribution in [0.15, 0.2) is 30.5 Å². The second-order valence-corrected chi connectivity index (χ2v) is 6.12. The average molecular weight is 299 g/mol. The average Bonchev–Trinajstić information content (AvgIpc) is 2.55. The zero-order valence-electron chi connectivity index (χ0n) is 12.8. The molecule has 1 heterocycles. The van der Waals surface area contributed by atoms with Gasteiger partial charge < -0.3 is 5.32 Å². The molecule has 1 aromatic carbocycles. The van der Waals surface area contributed by atoms with Crippen LogP contribution in [-0.4, -0.2) is 15.9 Å². The van der Waals surface area contributed by atoms with E-state index in [1.807, 2.05) is 24.3 Å². The molecule has 116 valence electrons. The van der Waals surface area contributed by atoms with Crippen LogP contribution in [0, 0.1) is 16.0 Å². The van der Waals surface area contributed by atoms with Crippen molar-refractivity contribution in [3.63, 3.8) is 0 Å². The number of hydrogen-bond acceptors (Lipinski definition) is 4. The molecule has 0 spiro atoms. The monoisotopic (exact) mass is 299 g/mol. The van der Waals surface area contributed by atoms with Crippen molar-refractivity contribution in [3.05, 3.63) is 40.6 Å². The quantitative estimate of drug-likeness (QED) is 0.665. The summed E-state index contributed by atoms with van der Waals surface area (Å²) in [6.45, 7) is 2.13. The van der Waals surface area contributed by atoms with E-state index in [4.69, 9.17) is 0 Å². The Balaban J connectivity index is 1.96. The molecule has 1 aromatic heterocycles. The number of aromatic nitrogens is 1. The molecule has 2 aromatic rings. The molecular weight excluding hydrogens is 278 g/mol. The molecule has 1 fully saturated rings. The van der Waals surface area contributed by atoms with E-state index in [0.29, 0.717) is 11.6 Å². The maximum Gasteiger partial charge on any atom is 0.311 e. The molecule has 1 N–H and O–H groups in total. The van der Waals surface area contributed by atoms with Crippen LogP contribution in [0.5, 0.6) is 0 Å². The highest BCUT2D eigenvalue weighted by Gasteiger charge is 2.24. The van der Waals surface area contributed by atoms with Crippen molar-refractivity contribution in [1.29, 1.82) is 0 Å². The van der Waals surface area contributed by atoms with Gasteiger partial charge in [0.2, 0.25) is 0 Å². The molecule has 1 aliphatic carbocycles. The summed E-state index contributed by atoms with van der Waals surface area (Å²) in [5.74, 6) is 0.584. The van der Waals surface area contributed by atoms with Crippen molar-refractivity contribution in [3.8, 4) is 0 Å². The van der Waals surface area contributed by atoms with Crippen molar-refractivity contribution < 1.29 is 4.92 Å². The number of nitrogens with zero attached hydrogens (tertiary/aromatic N) is 2. The van der Waals surface area contributed by atoms with E-state index in [2.05, 4.69) is 17.2 Å². The van der Waals surface area contributed by atoms with Gasteiger partial charge in [0, 0.05) is 11.4 Å². The number of fused-ring (bicyclic) bond motifs is 1. The van der Waals surface area contributed by atoms with Crippen molar-refractivity contribution in [2.75, 3.05) is 5.32 Å². The third-order valence-corrected chi connectivity index (χ3v) is 4.68. The van der Waals surface area contributed by atoms with Gasteiger partial charge in [0.25, 0.3) is 0 Å². The van der Waals surface area contributed by atoms with E-state index < -0.39 is 0 Å². The van der Waals surface area contributed by atoms with Gasteiger partial charge in [0.15, 0.2) is 0 Å². The van der Waals surface area contributed by atoms with Crippen molar-refractivity contribution >= 4 is 22.3 Å². The fourth-order valence-electron chi connectivity index (χ4n) is 3.40. The molecule has 1 saturated carbocycles. The lowest BCUT2D eigenvalue weighted by molar-refractivity contribution is -0.384. The van der Waals surface area contributed by atoms with E-state index in [9.17, 15) is 10.1 Å². The predicted molar refractivity (Wildman–Crippen MR) is 88.1 cm³/mol. The van der Waals surface area contributed by atoms with Crippen LogP contribution in [-0.2, 0) is 0 Å². The maximum atomic E-state index is 11.3. The number of para-hydroxylation sites is 1. The molecule has 5 nitrogen and oxygen atoms in total. The van der Waals surface area contributed by atoms with Gasteiger partial charge in [-0.1, -0.05) is 37.5 Å². The topological polar surface area (TPSA) is 68.1 Å². The number of hydrogen-bond donors (Lipinski definition) is 1. The van der Waals surface area contributed by atoms with E-state index in [0.717, 1.165) is 10.9 Å². The standard InChI is InChI=1S/C17H21N3O2/c1-12(13-7-3-2-4-8-13)19-17-14-9-5-6-10-15(14)18-11-16(17)20(21)22/h5-6,9-13H,2-4,7-8H2,1H3,(H,18,19)/t12-/m1/s1. The highest BCUT2D eigenvalue weighted by molar-refractivity contribution is 5.95. The van der Waals surface area contributed by atoms with Gasteiger partial charge in [-0.2, -0.15) is 0 Å². The number of nitro groups is 1. The molecule has 1 aliphatic rings. The number of rotatable bonds is 4. The first-order valence-electron chi connectivity index (χ1n) is 7.95. The molecule has 0 radical (unpaired) electrons. The molecule has 0 amide bonds. The van der Waals surface area contributed by atoms with Crippen LogP contribution >= 0.6 is 0 Å². The smallest absolute Gasteiger partial charge is 0.311 e. The molecule has 1 atom stereocenters. The normalized spacial score (nSPS) is 17.3. The fraction of sp³-hybridized carbons (Fsp3) is 0.471. The Morgan fingerprint density at radius 3 is 2.73 bits per heavy atom. The van der Waals surface area contributed by atoms with Gasteiger partial charge >= 0.3 is 5.69 Å². The van der Waals surface area contributed by atoms with Crippen LogP contribution in [0.2, 0.25) is 0 Å². The summed E-state index contributed by atoms with van der Waals surface area (Å²) in [7, 11) is 0. The molecular formula is C17H21N3O2. The predicted octanol–water partition coefficient (Wildman–Crippen LogP) is 4.52. The van der Waals surface area contributed by atoms with Crippen LogP contribution < -0.4 is 5.32 Å². The highest BCUT2D eigenvalue weighted by Crippen LogP contribution is 2.34. The maximum absolute atomic E-state index is 11.3. The van der Waals surface area contributed by atoms with Crippen LogP contribution in [0.1, 0.15) is 39.0 Å². The number of nitrogens with one attached hydrogen (secondary N) is 1. The molecule has 0 unspecified atom stereocenters. The minimum absolute atomic E-state index is 0.0568. The number of anilines is 1. The zero-order chi connectivity index (χ0) is 15.5. The highest BCUT2D eigenvalue weighted by atomic mass is 16.6. The van der Waals surface area contributed by atoms with Crippen molar-refractivity contribution in [1.82, 2.24) is 4.98 Å². The summed E-state index contributed by atoms with van der Waals surface area (Å²) in [5.41, 5.74) is 1.45. The minimum atomic E-state index is -0.352. The third-order valence-electron chi connectivity index (χ3n) is 4.68. The first kappa shape index (κ1) is 14.8. The number of pyridine rings is 1. The van der Waals surface area contributed by atoms with Crippen molar-refractivity contribution in [2.45, 2.75) is 45.1 Å². The van der Waals surface area contributed by atoms with Crippen LogP contribution in [0.25, 0.3) is 10.9 Å². The summed E-state index contributed by atoms with van der Waals surface area (Å²) in [5, 5.41) is 15.6. The Bertz CT molecular complexity index is 681. The van der Waals surface area contributed by atoms with E-state index >= 15 is 0 Å². The first-order valence-corrected chi connectivity index (χ1v) is 7.95. The molecule has 5 heteroatoms. The van der Waals surface area contributed by atoms with Crippen LogP contribution in [0.4, 0.5) is 11.4 Å². The van der Waals surface area contributed by atoms with Gasteiger partial charge in [0.05, 0.1) is 10.4 Å². The van der Waals surface area contributed by atoms with Gasteiger partial charge in [0.1, 0.15) is 11.9 Å². The zero-order valence-corrected chi connectivity index (χ0v) is 12.8. The Labute approximate surface area is 129 Å². The molecule has 22 heavy (non-hydrogen) atoms. The largest absolute Gasteiger partial charge is 0.376 e. The molecule has 0 aliphatic heterocycles. The fourth-order valence-corrected chi connectivity index (χ4v) is 3.40. The van der Waals surface area contributed by atoms with Gasteiger partial charge in [-0.3, -0.25) is 10.1 Å². The summed E-state index contributed by atoms with van der Waals surface area (Å²) in [6, 6.07) is 7.80. The summed E-state index contributed by atoms with van der Waals surface area (Å²) in [4.78, 5) is 15.2.